The van der Waals surface area contributed by atoms with Crippen molar-refractivity contribution in [3.8, 4) is 5.75 Å². The molecule has 0 radical (unpaired) electrons. The maximum absolute atomic E-state index is 13.1. The van der Waals surface area contributed by atoms with Crippen LogP contribution in [0.2, 0.25) is 5.02 Å². The minimum atomic E-state index is -1.75. The van der Waals surface area contributed by atoms with Gasteiger partial charge in [0.15, 0.2) is 0 Å². The van der Waals surface area contributed by atoms with Crippen LogP contribution in [0.5, 0.6) is 5.75 Å². The Hall–Kier alpha value is -1.56. The van der Waals surface area contributed by atoms with Crippen LogP contribution in [0, 0.1) is 5.82 Å². The fourth-order valence-corrected chi connectivity index (χ4v) is 1.85. The molecule has 0 aliphatic rings. The Morgan fingerprint density at radius 3 is 2.58 bits per heavy atom. The van der Waals surface area contributed by atoms with Crippen molar-refractivity contribution in [1.82, 2.24) is 0 Å². The normalized spacial score (nSPS) is 10.3. The van der Waals surface area contributed by atoms with Crippen LogP contribution in [-0.4, -0.2) is 17.2 Å². The lowest BCUT2D eigenvalue weighted by Gasteiger charge is -2.11. The molecule has 0 atom stereocenters. The second-order valence-corrected chi connectivity index (χ2v) is 4.34. The predicted octanol–water partition coefficient (Wildman–Crippen LogP) is 1.74. The van der Waals surface area contributed by atoms with E-state index in [1.807, 2.05) is 0 Å². The van der Waals surface area contributed by atoms with Crippen LogP contribution in [-0.2, 0) is 6.61 Å². The lowest BCUT2D eigenvalue weighted by Crippen LogP contribution is -2.34. The van der Waals surface area contributed by atoms with E-state index in [0.29, 0.717) is 16.3 Å². The highest BCUT2D eigenvalue weighted by atomic mass is 35.5. The average Bonchev–Trinajstić information content (AvgIpc) is 2.38. The van der Waals surface area contributed by atoms with Crippen LogP contribution in [0.15, 0.2) is 42.5 Å². The molecule has 0 aliphatic heterocycles. The largest absolute Gasteiger partial charge is 0.488 e. The number of hydrogen-bond acceptors (Lipinski definition) is 3. The molecule has 0 heterocycles. The third-order valence-electron chi connectivity index (χ3n) is 2.61. The molecule has 0 aliphatic carbocycles. The van der Waals surface area contributed by atoms with E-state index in [-0.39, 0.29) is 12.1 Å². The molecule has 2 aromatic rings. The van der Waals surface area contributed by atoms with Gasteiger partial charge in [-0.1, -0.05) is 29.8 Å². The van der Waals surface area contributed by atoms with Gasteiger partial charge in [0.2, 0.25) is 0 Å². The Morgan fingerprint density at radius 1 is 1.16 bits per heavy atom. The molecule has 3 nitrogen and oxygen atoms in total. The Bertz CT molecular complexity index is 578. The van der Waals surface area contributed by atoms with Crippen LogP contribution in [0.1, 0.15) is 5.56 Å². The van der Waals surface area contributed by atoms with E-state index in [1.165, 1.54) is 12.1 Å². The number of halogens is 2. The lowest BCUT2D eigenvalue weighted by molar-refractivity contribution is 0.306. The van der Waals surface area contributed by atoms with Crippen molar-refractivity contribution >= 4 is 24.2 Å². The average molecular weight is 280 g/mol. The lowest BCUT2D eigenvalue weighted by atomic mass is 9.77. The zero-order valence-electron chi connectivity index (χ0n) is 9.88. The van der Waals surface area contributed by atoms with Gasteiger partial charge in [-0.25, -0.2) is 4.39 Å². The highest BCUT2D eigenvalue weighted by Gasteiger charge is 2.17. The molecule has 0 spiro atoms. The first-order chi connectivity index (χ1) is 9.08. The summed E-state index contributed by atoms with van der Waals surface area (Å²) < 4.78 is 18.5. The summed E-state index contributed by atoms with van der Waals surface area (Å²) in [5.74, 6) is -0.0588. The molecule has 19 heavy (non-hydrogen) atoms. The van der Waals surface area contributed by atoms with Crippen LogP contribution in [0.4, 0.5) is 4.39 Å². The van der Waals surface area contributed by atoms with Gasteiger partial charge >= 0.3 is 7.12 Å². The van der Waals surface area contributed by atoms with Crippen molar-refractivity contribution in [2.24, 2.45) is 0 Å². The standard InChI is InChI=1S/C13H11BClFO3/c15-12-3-1-2-4-13(12)19-8-9-5-6-10(16)7-11(9)14(17)18/h1-7,17-18H,8H2. The minimum Gasteiger partial charge on any atom is -0.487 e. The summed E-state index contributed by atoms with van der Waals surface area (Å²) in [6.07, 6.45) is 0. The molecule has 2 rings (SSSR count). The number of ether oxygens (including phenoxy) is 1. The van der Waals surface area contributed by atoms with Gasteiger partial charge in [0.1, 0.15) is 18.2 Å². The first-order valence-corrected chi connectivity index (χ1v) is 5.97. The maximum atomic E-state index is 13.1. The zero-order valence-corrected chi connectivity index (χ0v) is 10.6. The van der Waals surface area contributed by atoms with E-state index in [2.05, 4.69) is 0 Å². The molecule has 0 bridgehead atoms. The van der Waals surface area contributed by atoms with Crippen LogP contribution in [0.3, 0.4) is 0 Å². The molecular formula is C13H11BClFO3. The molecule has 0 saturated carbocycles. The predicted molar refractivity (Wildman–Crippen MR) is 72.0 cm³/mol. The summed E-state index contributed by atoms with van der Waals surface area (Å²) >= 11 is 5.93. The van der Waals surface area contributed by atoms with Gasteiger partial charge in [-0.05, 0) is 35.3 Å². The van der Waals surface area contributed by atoms with Crippen molar-refractivity contribution < 1.29 is 19.2 Å². The molecule has 98 valence electrons. The summed E-state index contributed by atoms with van der Waals surface area (Å²) in [5.41, 5.74) is 0.559. The maximum Gasteiger partial charge on any atom is 0.488 e. The van der Waals surface area contributed by atoms with Crippen LogP contribution in [0.25, 0.3) is 0 Å². The minimum absolute atomic E-state index is 0.0664. The third kappa shape index (κ3) is 3.47. The summed E-state index contributed by atoms with van der Waals surface area (Å²) in [7, 11) is -1.75. The molecule has 0 saturated heterocycles. The fourth-order valence-electron chi connectivity index (χ4n) is 1.65. The van der Waals surface area contributed by atoms with Gasteiger partial charge in [-0.15, -0.1) is 0 Å². The van der Waals surface area contributed by atoms with Crippen molar-refractivity contribution in [3.05, 3.63) is 58.9 Å². The first-order valence-electron chi connectivity index (χ1n) is 5.59. The van der Waals surface area contributed by atoms with E-state index < -0.39 is 12.9 Å². The smallest absolute Gasteiger partial charge is 0.487 e. The Labute approximate surface area is 115 Å². The highest BCUT2D eigenvalue weighted by molar-refractivity contribution is 6.59. The summed E-state index contributed by atoms with van der Waals surface area (Å²) in [4.78, 5) is 0. The summed E-state index contributed by atoms with van der Waals surface area (Å²) in [5, 5.41) is 18.8. The first kappa shape index (κ1) is 13.9. The van der Waals surface area contributed by atoms with E-state index >= 15 is 0 Å². The number of hydrogen-bond donors (Lipinski definition) is 2. The van der Waals surface area contributed by atoms with Crippen molar-refractivity contribution in [3.63, 3.8) is 0 Å². The quantitative estimate of drug-likeness (QED) is 0.839. The molecule has 2 N–H and O–H groups in total. The monoisotopic (exact) mass is 280 g/mol. The molecule has 0 fully saturated rings. The number of para-hydroxylation sites is 1. The Morgan fingerprint density at radius 2 is 1.89 bits per heavy atom. The van der Waals surface area contributed by atoms with E-state index in [1.54, 1.807) is 24.3 Å². The highest BCUT2D eigenvalue weighted by Crippen LogP contribution is 2.23. The van der Waals surface area contributed by atoms with Crippen molar-refractivity contribution in [2.75, 3.05) is 0 Å². The Balaban J connectivity index is 2.18. The molecule has 2 aromatic carbocycles. The van der Waals surface area contributed by atoms with Gasteiger partial charge in [-0.3, -0.25) is 0 Å². The molecule has 0 unspecified atom stereocenters. The van der Waals surface area contributed by atoms with Crippen molar-refractivity contribution in [2.45, 2.75) is 6.61 Å². The van der Waals surface area contributed by atoms with Crippen LogP contribution < -0.4 is 10.2 Å². The van der Waals surface area contributed by atoms with E-state index in [0.717, 1.165) is 6.07 Å². The summed E-state index contributed by atoms with van der Waals surface area (Å²) in [6, 6.07) is 10.7. The summed E-state index contributed by atoms with van der Waals surface area (Å²) in [6.45, 7) is 0.0664. The SMILES string of the molecule is OB(O)c1cc(F)ccc1COc1ccccc1Cl. The second kappa shape index (κ2) is 6.06. The number of rotatable bonds is 4. The van der Waals surface area contributed by atoms with E-state index in [4.69, 9.17) is 16.3 Å². The fraction of sp³-hybridized carbons (Fsp3) is 0.0769. The molecule has 0 amide bonds. The topological polar surface area (TPSA) is 49.7 Å². The van der Waals surface area contributed by atoms with Gasteiger partial charge in [-0.2, -0.15) is 0 Å². The van der Waals surface area contributed by atoms with Gasteiger partial charge in [0.25, 0.3) is 0 Å². The van der Waals surface area contributed by atoms with E-state index in [9.17, 15) is 14.4 Å². The molecule has 6 heteroatoms. The van der Waals surface area contributed by atoms with Crippen LogP contribution >= 0.6 is 11.6 Å². The van der Waals surface area contributed by atoms with Gasteiger partial charge in [0, 0.05) is 0 Å². The van der Waals surface area contributed by atoms with Gasteiger partial charge in [0.05, 0.1) is 5.02 Å². The zero-order chi connectivity index (χ0) is 13.8. The van der Waals surface area contributed by atoms with Gasteiger partial charge < -0.3 is 14.8 Å². The molecular weight excluding hydrogens is 269 g/mol. The third-order valence-corrected chi connectivity index (χ3v) is 2.92. The second-order valence-electron chi connectivity index (χ2n) is 3.94. The van der Waals surface area contributed by atoms with Crippen molar-refractivity contribution in [1.29, 1.82) is 0 Å². The number of benzene rings is 2. The Kier molecular flexibility index (Phi) is 4.42. The molecule has 0 aromatic heterocycles.